The maximum absolute atomic E-state index is 12.1. The average Bonchev–Trinajstić information content (AvgIpc) is 2.49. The van der Waals surface area contributed by atoms with Crippen molar-refractivity contribution < 1.29 is 28.9 Å². The number of carboxylic acids is 1. The van der Waals surface area contributed by atoms with Crippen LogP contribution in [0.5, 0.6) is 11.5 Å². The van der Waals surface area contributed by atoms with E-state index in [1.165, 1.54) is 26.4 Å². The van der Waals surface area contributed by atoms with Crippen LogP contribution in [-0.4, -0.2) is 37.9 Å². The van der Waals surface area contributed by atoms with Crippen LogP contribution in [0.2, 0.25) is 0 Å². The second kappa shape index (κ2) is 7.74. The second-order valence-corrected chi connectivity index (χ2v) is 3.82. The van der Waals surface area contributed by atoms with Gasteiger partial charge in [-0.2, -0.15) is 0 Å². The van der Waals surface area contributed by atoms with E-state index >= 15 is 0 Å². The van der Waals surface area contributed by atoms with Gasteiger partial charge in [-0.15, -0.1) is 0 Å². The monoisotopic (exact) mass is 292 g/mol. The zero-order valence-corrected chi connectivity index (χ0v) is 11.8. The first-order valence-corrected chi connectivity index (χ1v) is 5.99. The quantitative estimate of drug-likeness (QED) is 0.471. The molecule has 0 heterocycles. The lowest BCUT2D eigenvalue weighted by molar-refractivity contribution is -0.131. The zero-order chi connectivity index (χ0) is 15.8. The molecular weight excluding hydrogens is 276 g/mol. The van der Waals surface area contributed by atoms with E-state index in [0.717, 1.165) is 6.08 Å². The molecule has 112 valence electrons. The van der Waals surface area contributed by atoms with Crippen molar-refractivity contribution >= 4 is 18.0 Å². The highest BCUT2D eigenvalue weighted by Gasteiger charge is 2.21. The summed E-state index contributed by atoms with van der Waals surface area (Å²) in [4.78, 5) is 22.8. The number of methoxy groups -OCH3 is 2. The summed E-state index contributed by atoms with van der Waals surface area (Å²) in [5.41, 5.74) is 0.445. The number of carbonyl (C=O) groups excluding carboxylic acids is 1. The molecule has 6 heteroatoms. The maximum atomic E-state index is 12.1. The molecule has 1 aromatic rings. The van der Waals surface area contributed by atoms with Crippen LogP contribution in [-0.2, 0) is 9.53 Å². The molecule has 0 saturated heterocycles. The van der Waals surface area contributed by atoms with Gasteiger partial charge in [-0.05, 0) is 17.7 Å². The van der Waals surface area contributed by atoms with Gasteiger partial charge in [0.15, 0.2) is 11.5 Å². The molecule has 0 radical (unpaired) electrons. The fraction of sp³-hybridized carbons (Fsp3) is 0.200. The first-order chi connectivity index (χ1) is 10.0. The summed E-state index contributed by atoms with van der Waals surface area (Å²) in [6.45, 7) is 3.49. The summed E-state index contributed by atoms with van der Waals surface area (Å²) in [5, 5.41) is 8.70. The summed E-state index contributed by atoms with van der Waals surface area (Å²) >= 11 is 0. The minimum absolute atomic E-state index is 0.0290. The number of aliphatic carboxylic acids is 1. The van der Waals surface area contributed by atoms with Gasteiger partial charge < -0.3 is 19.3 Å². The highest BCUT2D eigenvalue weighted by Crippen LogP contribution is 2.34. The van der Waals surface area contributed by atoms with Gasteiger partial charge in [0.25, 0.3) is 0 Å². The van der Waals surface area contributed by atoms with E-state index in [1.54, 1.807) is 12.1 Å². The molecule has 0 fully saturated rings. The lowest BCUT2D eigenvalue weighted by Gasteiger charge is -2.14. The Morgan fingerprint density at radius 3 is 2.52 bits per heavy atom. The number of carboxylic acid groups (broad SMARTS) is 1. The van der Waals surface area contributed by atoms with Gasteiger partial charge >= 0.3 is 11.9 Å². The Kier molecular flexibility index (Phi) is 6.00. The second-order valence-electron chi connectivity index (χ2n) is 3.82. The Morgan fingerprint density at radius 2 is 2.00 bits per heavy atom. The SMILES string of the molecule is C=CCOC(=O)c1c(/C=C/C(=O)O)ccc(OC)c1OC. The Morgan fingerprint density at radius 1 is 1.29 bits per heavy atom. The summed E-state index contributed by atoms with van der Waals surface area (Å²) in [7, 11) is 2.82. The molecule has 0 atom stereocenters. The van der Waals surface area contributed by atoms with E-state index in [1.807, 2.05) is 0 Å². The molecule has 0 aliphatic heterocycles. The minimum Gasteiger partial charge on any atom is -0.493 e. The van der Waals surface area contributed by atoms with Crippen molar-refractivity contribution in [2.24, 2.45) is 0 Å². The van der Waals surface area contributed by atoms with Gasteiger partial charge in [0.2, 0.25) is 0 Å². The molecule has 0 aliphatic carbocycles. The Bertz CT molecular complexity index is 574. The first kappa shape index (κ1) is 16.3. The van der Waals surface area contributed by atoms with Crippen LogP contribution >= 0.6 is 0 Å². The summed E-state index contributed by atoms with van der Waals surface area (Å²) in [6, 6.07) is 3.12. The minimum atomic E-state index is -1.13. The topological polar surface area (TPSA) is 82.1 Å². The smallest absolute Gasteiger partial charge is 0.343 e. The number of hydrogen-bond donors (Lipinski definition) is 1. The molecule has 1 aromatic carbocycles. The third-order valence-corrected chi connectivity index (χ3v) is 2.52. The summed E-state index contributed by atoms with van der Waals surface area (Å²) in [5.74, 6) is -1.26. The molecule has 0 saturated carbocycles. The molecule has 1 N–H and O–H groups in total. The van der Waals surface area contributed by atoms with Crippen molar-refractivity contribution in [3.63, 3.8) is 0 Å². The Balaban J connectivity index is 3.39. The Hall–Kier alpha value is -2.76. The maximum Gasteiger partial charge on any atom is 0.343 e. The van der Waals surface area contributed by atoms with E-state index in [9.17, 15) is 9.59 Å². The van der Waals surface area contributed by atoms with Crippen LogP contribution < -0.4 is 9.47 Å². The largest absolute Gasteiger partial charge is 0.493 e. The van der Waals surface area contributed by atoms with E-state index in [2.05, 4.69) is 6.58 Å². The van der Waals surface area contributed by atoms with Crippen LogP contribution in [0.15, 0.2) is 30.9 Å². The number of esters is 1. The van der Waals surface area contributed by atoms with Gasteiger partial charge in [-0.3, -0.25) is 0 Å². The lowest BCUT2D eigenvalue weighted by atomic mass is 10.0. The van der Waals surface area contributed by atoms with Crippen LogP contribution in [0.25, 0.3) is 6.08 Å². The third-order valence-electron chi connectivity index (χ3n) is 2.52. The van der Waals surface area contributed by atoms with Gasteiger partial charge in [0.1, 0.15) is 12.2 Å². The number of hydrogen-bond acceptors (Lipinski definition) is 5. The fourth-order valence-corrected chi connectivity index (χ4v) is 1.66. The molecule has 0 aliphatic rings. The third kappa shape index (κ3) is 4.10. The van der Waals surface area contributed by atoms with Crippen molar-refractivity contribution in [2.75, 3.05) is 20.8 Å². The standard InChI is InChI=1S/C15H16O6/c1-4-9-21-15(18)13-10(6-8-12(16)17)5-7-11(19-2)14(13)20-3/h4-8H,1,9H2,2-3H3,(H,16,17)/b8-6+. The Labute approximate surface area is 122 Å². The number of rotatable bonds is 7. The van der Waals surface area contributed by atoms with Crippen molar-refractivity contribution in [2.45, 2.75) is 0 Å². The molecule has 1 rings (SSSR count). The zero-order valence-electron chi connectivity index (χ0n) is 11.8. The highest BCUT2D eigenvalue weighted by molar-refractivity contribution is 5.99. The molecule has 0 unspecified atom stereocenters. The van der Waals surface area contributed by atoms with Gasteiger partial charge in [-0.25, -0.2) is 9.59 Å². The van der Waals surface area contributed by atoms with Crippen molar-refractivity contribution in [3.05, 3.63) is 42.0 Å². The molecule has 6 nitrogen and oxygen atoms in total. The van der Waals surface area contributed by atoms with Crippen LogP contribution in [0.3, 0.4) is 0 Å². The van der Waals surface area contributed by atoms with E-state index in [-0.39, 0.29) is 17.9 Å². The molecule has 21 heavy (non-hydrogen) atoms. The predicted molar refractivity (Wildman–Crippen MR) is 76.7 cm³/mol. The van der Waals surface area contributed by atoms with Crippen LogP contribution in [0.1, 0.15) is 15.9 Å². The molecular formula is C15H16O6. The number of benzene rings is 1. The van der Waals surface area contributed by atoms with Crippen molar-refractivity contribution in [1.29, 1.82) is 0 Å². The van der Waals surface area contributed by atoms with E-state index in [0.29, 0.717) is 11.3 Å². The van der Waals surface area contributed by atoms with Crippen molar-refractivity contribution in [3.8, 4) is 11.5 Å². The molecule has 0 bridgehead atoms. The van der Waals surface area contributed by atoms with Gasteiger partial charge in [-0.1, -0.05) is 18.7 Å². The molecule has 0 aromatic heterocycles. The predicted octanol–water partition coefficient (Wildman–Crippen LogP) is 2.14. The fourth-order valence-electron chi connectivity index (χ4n) is 1.66. The number of carbonyl (C=O) groups is 2. The number of ether oxygens (including phenoxy) is 3. The molecule has 0 amide bonds. The van der Waals surface area contributed by atoms with Crippen LogP contribution in [0, 0.1) is 0 Å². The summed E-state index contributed by atoms with van der Waals surface area (Å²) < 4.78 is 15.3. The normalized spacial score (nSPS) is 10.2. The average molecular weight is 292 g/mol. The first-order valence-electron chi connectivity index (χ1n) is 5.99. The van der Waals surface area contributed by atoms with E-state index in [4.69, 9.17) is 19.3 Å². The molecule has 0 spiro atoms. The highest BCUT2D eigenvalue weighted by atomic mass is 16.5. The van der Waals surface area contributed by atoms with Gasteiger partial charge in [0, 0.05) is 6.08 Å². The summed E-state index contributed by atoms with van der Waals surface area (Å²) in [6.07, 6.45) is 3.64. The van der Waals surface area contributed by atoms with Crippen molar-refractivity contribution in [1.82, 2.24) is 0 Å². The lowest BCUT2D eigenvalue weighted by Crippen LogP contribution is -2.10. The van der Waals surface area contributed by atoms with Crippen LogP contribution in [0.4, 0.5) is 0 Å². The van der Waals surface area contributed by atoms with Gasteiger partial charge in [0.05, 0.1) is 14.2 Å². The van der Waals surface area contributed by atoms with E-state index < -0.39 is 11.9 Å².